The molecular formula is C28H45F3N2OSi. The van der Waals surface area contributed by atoms with Gasteiger partial charge in [0.15, 0.2) is 0 Å². The predicted octanol–water partition coefficient (Wildman–Crippen LogP) is 7.71. The molecule has 0 amide bonds. The molecule has 1 fully saturated rings. The van der Waals surface area contributed by atoms with E-state index < -0.39 is 19.8 Å². The van der Waals surface area contributed by atoms with Gasteiger partial charge < -0.3 is 14.6 Å². The molecule has 1 heterocycles. The van der Waals surface area contributed by atoms with Gasteiger partial charge >= 0.3 is 6.18 Å². The third-order valence-corrected chi connectivity index (χ3v) is 14.2. The molecule has 198 valence electrons. The lowest BCUT2D eigenvalue weighted by atomic mass is 9.86. The number of fused-ring (bicyclic) bond motifs is 1. The summed E-state index contributed by atoms with van der Waals surface area (Å²) in [6.07, 6.45) is 2.88. The number of benzene rings is 1. The van der Waals surface area contributed by atoms with Crippen molar-refractivity contribution in [2.24, 2.45) is 5.92 Å². The van der Waals surface area contributed by atoms with Crippen molar-refractivity contribution in [2.75, 3.05) is 20.2 Å². The van der Waals surface area contributed by atoms with Crippen LogP contribution in [0.4, 0.5) is 13.2 Å². The zero-order chi connectivity index (χ0) is 25.6. The van der Waals surface area contributed by atoms with E-state index in [2.05, 4.69) is 44.6 Å². The van der Waals surface area contributed by atoms with Crippen molar-refractivity contribution in [3.63, 3.8) is 0 Å². The van der Waals surface area contributed by atoms with Gasteiger partial charge in [-0.05, 0) is 69.8 Å². The van der Waals surface area contributed by atoms with Gasteiger partial charge in [-0.15, -0.1) is 0 Å². The fraction of sp³-hybridized carbons (Fsp3) is 0.714. The number of ether oxygens (including phenoxy) is 1. The summed E-state index contributed by atoms with van der Waals surface area (Å²) >= 11 is 0. The summed E-state index contributed by atoms with van der Waals surface area (Å²) in [7, 11) is 0.417. The Bertz CT molecular complexity index is 922. The number of aromatic amines is 1. The maximum absolute atomic E-state index is 13.5. The van der Waals surface area contributed by atoms with Crippen LogP contribution < -0.4 is 5.32 Å². The normalized spacial score (nSPS) is 19.7. The summed E-state index contributed by atoms with van der Waals surface area (Å²) in [6.45, 7) is 11.2. The second kappa shape index (κ2) is 12.3. The van der Waals surface area contributed by atoms with E-state index in [-0.39, 0.29) is 0 Å². The van der Waals surface area contributed by atoms with Crippen molar-refractivity contribution in [3.05, 3.63) is 29.3 Å². The monoisotopic (exact) mass is 510 g/mol. The van der Waals surface area contributed by atoms with Crippen molar-refractivity contribution in [3.8, 4) is 0 Å². The zero-order valence-corrected chi connectivity index (χ0v) is 23.4. The summed E-state index contributed by atoms with van der Waals surface area (Å²) in [5.74, 6) is 0.538. The first kappa shape index (κ1) is 28.3. The number of rotatable bonds is 12. The summed E-state index contributed by atoms with van der Waals surface area (Å²) in [4.78, 5) is 6.08. The lowest BCUT2D eigenvalue weighted by Crippen LogP contribution is -2.48. The minimum Gasteiger partial charge on any atom is -0.376 e. The molecule has 3 nitrogen and oxygen atoms in total. The van der Waals surface area contributed by atoms with Crippen LogP contribution in [0, 0.1) is 5.92 Å². The number of hydrogen-bond acceptors (Lipinski definition) is 2. The topological polar surface area (TPSA) is 28.3 Å². The largest absolute Gasteiger partial charge is 0.416 e. The van der Waals surface area contributed by atoms with E-state index in [0.717, 1.165) is 42.1 Å². The van der Waals surface area contributed by atoms with Crippen molar-refractivity contribution >= 4 is 24.3 Å². The number of nitrogens with one attached hydrogen (secondary N) is 1. The Hall–Kier alpha value is -1.31. The third kappa shape index (κ3) is 6.52. The second-order valence-corrected chi connectivity index (χ2v) is 15.8. The molecule has 1 aromatic carbocycles. The molecule has 0 atom stereocenters. The number of H-pyrrole nitrogens is 1. The Morgan fingerprint density at radius 3 is 2.26 bits per heavy atom. The first-order valence-electron chi connectivity index (χ1n) is 13.7. The van der Waals surface area contributed by atoms with E-state index in [9.17, 15) is 13.2 Å². The molecule has 0 saturated heterocycles. The molecule has 0 bridgehead atoms. The van der Waals surface area contributed by atoms with Crippen LogP contribution in [0.2, 0.25) is 18.1 Å². The highest BCUT2D eigenvalue weighted by atomic mass is 28.3. The molecular weight excluding hydrogens is 465 g/mol. The summed E-state index contributed by atoms with van der Waals surface area (Å²) < 4.78 is 46.8. The molecule has 1 aliphatic carbocycles. The molecule has 1 saturated carbocycles. The fourth-order valence-corrected chi connectivity index (χ4v) is 9.78. The molecule has 2 aromatic rings. The minimum atomic E-state index is -4.35. The Morgan fingerprint density at radius 2 is 1.69 bits per heavy atom. The molecule has 1 N–H and O–H groups in total. The highest BCUT2D eigenvalue weighted by Gasteiger charge is 2.36. The molecule has 0 unspecified atom stereocenters. The Balaban J connectivity index is 1.75. The molecule has 1 aromatic heterocycles. The van der Waals surface area contributed by atoms with Gasteiger partial charge in [0.05, 0.1) is 12.2 Å². The van der Waals surface area contributed by atoms with E-state index in [1.165, 1.54) is 49.7 Å². The number of nitrogens with zero attached hydrogens (tertiary/aromatic N) is 1. The van der Waals surface area contributed by atoms with Gasteiger partial charge in [0.25, 0.3) is 0 Å². The standard InChI is InChI=1S/C28H45F3N2OSi/c1-6-10-17-33(5)23-14-11-21(12-15-23)19-34-20-25-24-18-22(28(29,30)31)13-16-26(24)32-27(25)35(7-2,8-3)9-4/h13,16,18,21,23,32H,6-12,14-15,17,19-20H2,1-5H3. The lowest BCUT2D eigenvalue weighted by Gasteiger charge is -2.34. The quantitative estimate of drug-likeness (QED) is 0.296. The number of alkyl halides is 3. The first-order chi connectivity index (χ1) is 16.7. The number of aromatic nitrogens is 1. The predicted molar refractivity (Wildman–Crippen MR) is 143 cm³/mol. The average Bonchev–Trinajstić information content (AvgIpc) is 3.22. The second-order valence-electron chi connectivity index (χ2n) is 10.6. The highest BCUT2D eigenvalue weighted by molar-refractivity contribution is 6.91. The van der Waals surface area contributed by atoms with E-state index in [1.54, 1.807) is 6.07 Å². The van der Waals surface area contributed by atoms with Gasteiger partial charge in [0.2, 0.25) is 0 Å². The van der Waals surface area contributed by atoms with Crippen LogP contribution in [-0.4, -0.2) is 44.2 Å². The number of unbranched alkanes of at least 4 members (excludes halogenated alkanes) is 1. The summed E-state index contributed by atoms with van der Waals surface area (Å²) in [5, 5.41) is 1.88. The number of halogens is 3. The van der Waals surface area contributed by atoms with Crippen molar-refractivity contribution < 1.29 is 17.9 Å². The van der Waals surface area contributed by atoms with Crippen LogP contribution in [0.3, 0.4) is 0 Å². The van der Waals surface area contributed by atoms with Gasteiger partial charge in [-0.2, -0.15) is 13.2 Å². The van der Waals surface area contributed by atoms with Crippen LogP contribution >= 0.6 is 0 Å². The van der Waals surface area contributed by atoms with Crippen LogP contribution in [0.1, 0.15) is 77.3 Å². The molecule has 1 aliphatic rings. The molecule has 3 rings (SSSR count). The van der Waals surface area contributed by atoms with Crippen LogP contribution in [0.5, 0.6) is 0 Å². The number of hydrogen-bond donors (Lipinski definition) is 1. The van der Waals surface area contributed by atoms with Gasteiger partial charge in [-0.3, -0.25) is 0 Å². The molecule has 35 heavy (non-hydrogen) atoms. The van der Waals surface area contributed by atoms with Crippen LogP contribution in [-0.2, 0) is 17.5 Å². The van der Waals surface area contributed by atoms with Crippen LogP contribution in [0.15, 0.2) is 18.2 Å². The molecule has 7 heteroatoms. The summed E-state index contributed by atoms with van der Waals surface area (Å²) in [6, 6.07) is 8.00. The Kier molecular flexibility index (Phi) is 9.92. The smallest absolute Gasteiger partial charge is 0.376 e. The molecule has 0 radical (unpaired) electrons. The van der Waals surface area contributed by atoms with Crippen LogP contribution in [0.25, 0.3) is 10.9 Å². The van der Waals surface area contributed by atoms with Crippen molar-refractivity contribution in [1.82, 2.24) is 9.88 Å². The van der Waals surface area contributed by atoms with E-state index in [4.69, 9.17) is 4.74 Å². The SMILES string of the molecule is CCCCN(C)C1CCC(COCc2c([Si](CC)(CC)CC)[nH]c3ccc(C(F)(F)F)cc23)CC1. The highest BCUT2D eigenvalue weighted by Crippen LogP contribution is 2.34. The zero-order valence-electron chi connectivity index (χ0n) is 22.4. The minimum absolute atomic E-state index is 0.391. The van der Waals surface area contributed by atoms with Gasteiger partial charge in [0.1, 0.15) is 8.07 Å². The van der Waals surface area contributed by atoms with Crippen molar-refractivity contribution in [1.29, 1.82) is 0 Å². The fourth-order valence-electron chi connectivity index (χ4n) is 5.98. The van der Waals surface area contributed by atoms with E-state index >= 15 is 0 Å². The van der Waals surface area contributed by atoms with Gasteiger partial charge in [-0.1, -0.05) is 52.2 Å². The summed E-state index contributed by atoms with van der Waals surface area (Å²) in [5.41, 5.74) is 1.19. The lowest BCUT2D eigenvalue weighted by molar-refractivity contribution is -0.137. The first-order valence-corrected chi connectivity index (χ1v) is 16.3. The Morgan fingerprint density at radius 1 is 1.03 bits per heavy atom. The molecule has 0 aliphatic heterocycles. The Labute approximate surface area is 210 Å². The van der Waals surface area contributed by atoms with Crippen molar-refractivity contribution in [2.45, 2.75) is 103 Å². The van der Waals surface area contributed by atoms with Gasteiger partial charge in [-0.25, -0.2) is 0 Å². The maximum atomic E-state index is 13.5. The van der Waals surface area contributed by atoms with E-state index in [0.29, 0.717) is 30.6 Å². The maximum Gasteiger partial charge on any atom is 0.416 e. The van der Waals surface area contributed by atoms with E-state index in [1.807, 2.05) is 0 Å². The third-order valence-electron chi connectivity index (χ3n) is 8.70. The van der Waals surface area contributed by atoms with Gasteiger partial charge in [0, 0.05) is 34.4 Å². The molecule has 0 spiro atoms. The average molecular weight is 511 g/mol.